The molecule has 0 saturated carbocycles. The minimum atomic E-state index is -0.475. The van der Waals surface area contributed by atoms with Crippen molar-refractivity contribution in [2.45, 2.75) is 44.7 Å². The molecular formula is C26H29N3O3. The summed E-state index contributed by atoms with van der Waals surface area (Å²) in [5.74, 6) is 0.840. The number of ether oxygens (including phenoxy) is 1. The fraction of sp³-hybridized carbons (Fsp3) is 0.385. The zero-order chi connectivity index (χ0) is 22.2. The molecule has 1 saturated heterocycles. The minimum absolute atomic E-state index is 0.0104. The van der Waals surface area contributed by atoms with Gasteiger partial charge in [0.25, 0.3) is 0 Å². The fourth-order valence-electron chi connectivity index (χ4n) is 5.20. The van der Waals surface area contributed by atoms with E-state index in [9.17, 15) is 9.59 Å². The van der Waals surface area contributed by atoms with E-state index in [0.29, 0.717) is 13.0 Å². The third-order valence-electron chi connectivity index (χ3n) is 6.81. The number of piperazine rings is 1. The van der Waals surface area contributed by atoms with E-state index < -0.39 is 6.04 Å². The van der Waals surface area contributed by atoms with E-state index in [0.717, 1.165) is 52.7 Å². The first kappa shape index (κ1) is 20.6. The number of amides is 2. The number of rotatable bonds is 6. The number of hydrogen-bond donors (Lipinski definition) is 1. The van der Waals surface area contributed by atoms with Crippen LogP contribution in [0.15, 0.2) is 48.5 Å². The lowest BCUT2D eigenvalue weighted by molar-refractivity contribution is -0.158. The first-order chi connectivity index (χ1) is 15.6. The number of hydrogen-bond acceptors (Lipinski definition) is 3. The number of methoxy groups -OCH3 is 1. The van der Waals surface area contributed by atoms with Crippen molar-refractivity contribution in [2.24, 2.45) is 0 Å². The van der Waals surface area contributed by atoms with Crippen molar-refractivity contribution >= 4 is 22.7 Å². The first-order valence-electron chi connectivity index (χ1n) is 11.5. The average Bonchev–Trinajstić information content (AvgIpc) is 3.19. The van der Waals surface area contributed by atoms with Crippen LogP contribution in [0.3, 0.4) is 0 Å². The van der Waals surface area contributed by atoms with E-state index in [1.165, 1.54) is 0 Å². The number of carbonyl (C=O) groups excluding carboxylic acids is 2. The summed E-state index contributed by atoms with van der Waals surface area (Å²) < 4.78 is 5.33. The Morgan fingerprint density at radius 3 is 2.59 bits per heavy atom. The lowest BCUT2D eigenvalue weighted by Crippen LogP contribution is -2.63. The SMILES string of the molecule is CCCCCN1CC(=O)N2[C@H](c3ccc(OC)cc3)c3[nH]c4ccccc4c3C[C@H]2C1=O. The molecule has 5 rings (SSSR count). The van der Waals surface area contributed by atoms with Crippen molar-refractivity contribution < 1.29 is 14.3 Å². The third-order valence-corrected chi connectivity index (χ3v) is 6.81. The van der Waals surface area contributed by atoms with Gasteiger partial charge in [-0.15, -0.1) is 0 Å². The predicted octanol–water partition coefficient (Wildman–Crippen LogP) is 4.05. The maximum Gasteiger partial charge on any atom is 0.246 e. The fourth-order valence-corrected chi connectivity index (χ4v) is 5.20. The minimum Gasteiger partial charge on any atom is -0.497 e. The molecule has 3 aromatic rings. The number of fused-ring (bicyclic) bond motifs is 4. The van der Waals surface area contributed by atoms with Crippen LogP contribution in [0, 0.1) is 0 Å². The summed E-state index contributed by atoms with van der Waals surface area (Å²) in [6, 6.07) is 15.2. The van der Waals surface area contributed by atoms with Crippen LogP contribution in [0.2, 0.25) is 0 Å². The highest BCUT2D eigenvalue weighted by Crippen LogP contribution is 2.42. The molecule has 6 nitrogen and oxygen atoms in total. The van der Waals surface area contributed by atoms with E-state index in [1.54, 1.807) is 12.0 Å². The smallest absolute Gasteiger partial charge is 0.246 e. The van der Waals surface area contributed by atoms with Crippen LogP contribution < -0.4 is 4.74 Å². The summed E-state index contributed by atoms with van der Waals surface area (Å²) in [4.78, 5) is 34.1. The number of carbonyl (C=O) groups is 2. The highest BCUT2D eigenvalue weighted by molar-refractivity contribution is 5.97. The zero-order valence-corrected chi connectivity index (χ0v) is 18.6. The van der Waals surface area contributed by atoms with Gasteiger partial charge in [0.1, 0.15) is 11.8 Å². The molecule has 6 heteroatoms. The van der Waals surface area contributed by atoms with Crippen molar-refractivity contribution in [3.05, 3.63) is 65.4 Å². The van der Waals surface area contributed by atoms with Crippen LogP contribution in [0.25, 0.3) is 10.9 Å². The van der Waals surface area contributed by atoms with Gasteiger partial charge in [-0.25, -0.2) is 0 Å². The Labute approximate surface area is 188 Å². The second-order valence-corrected chi connectivity index (χ2v) is 8.73. The van der Waals surface area contributed by atoms with Crippen molar-refractivity contribution in [3.63, 3.8) is 0 Å². The van der Waals surface area contributed by atoms with Gasteiger partial charge in [0.05, 0.1) is 19.7 Å². The number of aromatic amines is 1. The van der Waals surface area contributed by atoms with Gasteiger partial charge in [-0.2, -0.15) is 0 Å². The Bertz CT molecular complexity index is 1150. The molecule has 2 aromatic carbocycles. The summed E-state index contributed by atoms with van der Waals surface area (Å²) in [6.45, 7) is 2.95. The number of nitrogens with zero attached hydrogens (tertiary/aromatic N) is 2. The zero-order valence-electron chi connectivity index (χ0n) is 18.6. The van der Waals surface area contributed by atoms with Gasteiger partial charge in [0.15, 0.2) is 0 Å². The maximum atomic E-state index is 13.5. The molecule has 1 aromatic heterocycles. The second kappa shape index (κ2) is 8.34. The first-order valence-corrected chi connectivity index (χ1v) is 11.5. The molecule has 3 heterocycles. The van der Waals surface area contributed by atoms with Crippen molar-refractivity contribution in [2.75, 3.05) is 20.2 Å². The van der Waals surface area contributed by atoms with Crippen LogP contribution >= 0.6 is 0 Å². The normalized spacial score (nSPS) is 20.4. The van der Waals surface area contributed by atoms with Crippen LogP contribution in [0.5, 0.6) is 5.75 Å². The molecule has 0 aliphatic carbocycles. The van der Waals surface area contributed by atoms with Crippen molar-refractivity contribution in [1.29, 1.82) is 0 Å². The van der Waals surface area contributed by atoms with Gasteiger partial charge in [-0.05, 0) is 35.7 Å². The van der Waals surface area contributed by atoms with E-state index in [1.807, 2.05) is 41.3 Å². The molecule has 0 bridgehead atoms. The largest absolute Gasteiger partial charge is 0.497 e. The van der Waals surface area contributed by atoms with Gasteiger partial charge in [-0.3, -0.25) is 9.59 Å². The third kappa shape index (κ3) is 3.34. The van der Waals surface area contributed by atoms with Crippen molar-refractivity contribution in [3.8, 4) is 5.75 Å². The molecule has 2 atom stereocenters. The Morgan fingerprint density at radius 1 is 1.06 bits per heavy atom. The average molecular weight is 432 g/mol. The number of aromatic nitrogens is 1. The molecule has 2 amide bonds. The molecule has 0 spiro atoms. The number of para-hydroxylation sites is 1. The van der Waals surface area contributed by atoms with Crippen LogP contribution in [0.4, 0.5) is 0 Å². The molecular weight excluding hydrogens is 402 g/mol. The Kier molecular flexibility index (Phi) is 5.37. The van der Waals surface area contributed by atoms with E-state index in [2.05, 4.69) is 24.0 Å². The van der Waals surface area contributed by atoms with Crippen LogP contribution in [-0.2, 0) is 16.0 Å². The summed E-state index contributed by atoms with van der Waals surface area (Å²) >= 11 is 0. The molecule has 1 N–H and O–H groups in total. The van der Waals surface area contributed by atoms with Gasteiger partial charge in [0, 0.05) is 29.6 Å². The van der Waals surface area contributed by atoms with Gasteiger partial charge < -0.3 is 19.5 Å². The molecule has 32 heavy (non-hydrogen) atoms. The standard InChI is InChI=1S/C26H29N3O3/c1-3-4-7-14-28-16-23(30)29-22(26(28)31)15-20-19-8-5-6-9-21(19)27-24(20)25(29)17-10-12-18(32-2)13-11-17/h5-6,8-13,22,25,27H,3-4,7,14-16H2,1-2H3/t22-,25+/m0/s1. The monoisotopic (exact) mass is 431 g/mol. The van der Waals surface area contributed by atoms with Gasteiger partial charge in [0.2, 0.25) is 11.8 Å². The summed E-state index contributed by atoms with van der Waals surface area (Å²) in [6.07, 6.45) is 3.63. The lowest BCUT2D eigenvalue weighted by atomic mass is 9.86. The Morgan fingerprint density at radius 2 is 1.84 bits per heavy atom. The molecule has 0 unspecified atom stereocenters. The van der Waals surface area contributed by atoms with Crippen molar-refractivity contribution in [1.82, 2.24) is 14.8 Å². The van der Waals surface area contributed by atoms with Gasteiger partial charge >= 0.3 is 0 Å². The summed E-state index contributed by atoms with van der Waals surface area (Å²) in [5.41, 5.74) is 4.16. The summed E-state index contributed by atoms with van der Waals surface area (Å²) in [7, 11) is 1.64. The molecule has 2 aliphatic heterocycles. The predicted molar refractivity (Wildman–Crippen MR) is 124 cm³/mol. The highest BCUT2D eigenvalue weighted by Gasteiger charge is 2.48. The quantitative estimate of drug-likeness (QED) is 0.599. The summed E-state index contributed by atoms with van der Waals surface area (Å²) in [5, 5.41) is 1.13. The number of benzene rings is 2. The van der Waals surface area contributed by atoms with Crippen LogP contribution in [-0.4, -0.2) is 52.8 Å². The number of nitrogens with one attached hydrogen (secondary N) is 1. The lowest BCUT2D eigenvalue weighted by Gasteiger charge is -2.47. The molecule has 2 aliphatic rings. The molecule has 166 valence electrons. The molecule has 1 fully saturated rings. The number of H-pyrrole nitrogens is 1. The molecule has 0 radical (unpaired) electrons. The second-order valence-electron chi connectivity index (χ2n) is 8.73. The maximum absolute atomic E-state index is 13.5. The van der Waals surface area contributed by atoms with Gasteiger partial charge in [-0.1, -0.05) is 50.1 Å². The Hall–Kier alpha value is -3.28. The van der Waals surface area contributed by atoms with Crippen LogP contribution in [0.1, 0.15) is 49.0 Å². The van der Waals surface area contributed by atoms with E-state index in [4.69, 9.17) is 4.74 Å². The van der Waals surface area contributed by atoms with E-state index >= 15 is 0 Å². The van der Waals surface area contributed by atoms with E-state index in [-0.39, 0.29) is 24.4 Å². The topological polar surface area (TPSA) is 65.6 Å². The highest BCUT2D eigenvalue weighted by atomic mass is 16.5. The number of unbranched alkanes of at least 4 members (excludes halogenated alkanes) is 2. The Balaban J connectivity index is 1.60.